The van der Waals surface area contributed by atoms with E-state index in [0.717, 1.165) is 23.0 Å². The number of benzene rings is 1. The van der Waals surface area contributed by atoms with Crippen molar-refractivity contribution in [2.24, 2.45) is 7.05 Å². The van der Waals surface area contributed by atoms with Crippen molar-refractivity contribution in [2.45, 2.75) is 33.0 Å². The number of nitrogens with zero attached hydrogens (tertiary/aromatic N) is 3. The highest BCUT2D eigenvalue weighted by molar-refractivity contribution is 5.28. The monoisotopic (exact) mass is 261 g/mol. The molecular formula is C14H19N3O2. The minimum absolute atomic E-state index is 0.382. The molecule has 0 saturated carbocycles. The van der Waals surface area contributed by atoms with Crippen molar-refractivity contribution in [1.29, 1.82) is 0 Å². The molecule has 0 amide bonds. The van der Waals surface area contributed by atoms with E-state index in [0.29, 0.717) is 13.0 Å². The molecule has 0 bridgehead atoms. The predicted octanol–water partition coefficient (Wildman–Crippen LogP) is 2.15. The molecule has 1 aromatic carbocycles. The van der Waals surface area contributed by atoms with Gasteiger partial charge in [0.05, 0.1) is 6.10 Å². The Labute approximate surface area is 112 Å². The van der Waals surface area contributed by atoms with Crippen molar-refractivity contribution in [1.82, 2.24) is 14.8 Å². The minimum Gasteiger partial charge on any atom is -0.486 e. The Balaban J connectivity index is 1.98. The van der Waals surface area contributed by atoms with Gasteiger partial charge in [-0.25, -0.2) is 0 Å². The van der Waals surface area contributed by atoms with Crippen LogP contribution in [0.15, 0.2) is 24.3 Å². The Morgan fingerprint density at radius 2 is 1.95 bits per heavy atom. The summed E-state index contributed by atoms with van der Waals surface area (Å²) in [4.78, 5) is 0. The smallest absolute Gasteiger partial charge is 0.170 e. The lowest BCUT2D eigenvalue weighted by Gasteiger charge is -2.10. The maximum absolute atomic E-state index is 9.70. The second-order valence-electron chi connectivity index (χ2n) is 4.50. The number of aromatic nitrogens is 3. The van der Waals surface area contributed by atoms with Crippen LogP contribution < -0.4 is 4.74 Å². The van der Waals surface area contributed by atoms with E-state index in [-0.39, 0.29) is 0 Å². The van der Waals surface area contributed by atoms with Gasteiger partial charge in [0.2, 0.25) is 0 Å². The standard InChI is InChI=1S/C14H19N3O2/c1-4-13(18)11-5-7-12(8-6-11)19-9-14-16-15-10(2)17(14)3/h5-8,13,18H,4,9H2,1-3H3/t13-/m0/s1. The van der Waals surface area contributed by atoms with Crippen LogP contribution in [0.5, 0.6) is 5.75 Å². The Morgan fingerprint density at radius 3 is 2.47 bits per heavy atom. The summed E-state index contributed by atoms with van der Waals surface area (Å²) in [5.41, 5.74) is 0.907. The van der Waals surface area contributed by atoms with Gasteiger partial charge in [0.1, 0.15) is 18.2 Å². The summed E-state index contributed by atoms with van der Waals surface area (Å²) in [7, 11) is 1.91. The van der Waals surface area contributed by atoms with Gasteiger partial charge < -0.3 is 14.4 Å². The number of aliphatic hydroxyl groups excluding tert-OH is 1. The minimum atomic E-state index is -0.407. The van der Waals surface area contributed by atoms with Crippen LogP contribution in [0.25, 0.3) is 0 Å². The first-order valence-corrected chi connectivity index (χ1v) is 6.37. The highest BCUT2D eigenvalue weighted by Gasteiger charge is 2.07. The number of ether oxygens (including phenoxy) is 1. The molecule has 5 heteroatoms. The average Bonchev–Trinajstić information content (AvgIpc) is 2.76. The summed E-state index contributed by atoms with van der Waals surface area (Å²) in [6, 6.07) is 7.48. The first-order valence-electron chi connectivity index (χ1n) is 6.37. The van der Waals surface area contributed by atoms with Crippen molar-refractivity contribution in [2.75, 3.05) is 0 Å². The molecule has 102 valence electrons. The van der Waals surface area contributed by atoms with E-state index in [9.17, 15) is 5.11 Å². The van der Waals surface area contributed by atoms with Crippen molar-refractivity contribution in [3.05, 3.63) is 41.5 Å². The quantitative estimate of drug-likeness (QED) is 0.896. The summed E-state index contributed by atoms with van der Waals surface area (Å²) >= 11 is 0. The number of rotatable bonds is 5. The van der Waals surface area contributed by atoms with E-state index in [2.05, 4.69) is 10.2 Å². The molecule has 0 aliphatic carbocycles. The lowest BCUT2D eigenvalue weighted by atomic mass is 10.1. The highest BCUT2D eigenvalue weighted by Crippen LogP contribution is 2.20. The van der Waals surface area contributed by atoms with Crippen LogP contribution in [-0.2, 0) is 13.7 Å². The largest absolute Gasteiger partial charge is 0.486 e. The molecule has 1 N–H and O–H groups in total. The second kappa shape index (κ2) is 5.84. The Bertz CT molecular complexity index is 534. The average molecular weight is 261 g/mol. The Hall–Kier alpha value is -1.88. The molecule has 5 nitrogen and oxygen atoms in total. The zero-order chi connectivity index (χ0) is 13.8. The van der Waals surface area contributed by atoms with Crippen molar-refractivity contribution < 1.29 is 9.84 Å². The Morgan fingerprint density at radius 1 is 1.26 bits per heavy atom. The lowest BCUT2D eigenvalue weighted by Crippen LogP contribution is -2.04. The molecule has 0 aliphatic rings. The van der Waals surface area contributed by atoms with E-state index in [1.54, 1.807) is 0 Å². The van der Waals surface area contributed by atoms with Crippen LogP contribution in [-0.4, -0.2) is 19.9 Å². The van der Waals surface area contributed by atoms with E-state index in [1.165, 1.54) is 0 Å². The van der Waals surface area contributed by atoms with Gasteiger partial charge in [-0.3, -0.25) is 0 Å². The summed E-state index contributed by atoms with van der Waals surface area (Å²) in [6.07, 6.45) is 0.300. The molecule has 1 aromatic heterocycles. The van der Waals surface area contributed by atoms with Crippen molar-refractivity contribution in [3.8, 4) is 5.75 Å². The lowest BCUT2D eigenvalue weighted by molar-refractivity contribution is 0.173. The number of aryl methyl sites for hydroxylation is 1. The van der Waals surface area contributed by atoms with Crippen LogP contribution in [0, 0.1) is 6.92 Å². The van der Waals surface area contributed by atoms with Crippen LogP contribution in [0.3, 0.4) is 0 Å². The van der Waals surface area contributed by atoms with Gasteiger partial charge in [-0.1, -0.05) is 19.1 Å². The molecule has 0 saturated heterocycles. The fraction of sp³-hybridized carbons (Fsp3) is 0.429. The molecule has 1 heterocycles. The van der Waals surface area contributed by atoms with Gasteiger partial charge in [-0.15, -0.1) is 10.2 Å². The predicted molar refractivity (Wildman–Crippen MR) is 71.8 cm³/mol. The van der Waals surface area contributed by atoms with Crippen molar-refractivity contribution in [3.63, 3.8) is 0 Å². The molecule has 2 rings (SSSR count). The van der Waals surface area contributed by atoms with Crippen LogP contribution in [0.1, 0.15) is 36.7 Å². The van der Waals surface area contributed by atoms with Crippen LogP contribution >= 0.6 is 0 Å². The molecule has 0 fully saturated rings. The summed E-state index contributed by atoms with van der Waals surface area (Å²) in [5, 5.41) is 17.7. The maximum atomic E-state index is 9.70. The fourth-order valence-corrected chi connectivity index (χ4v) is 1.75. The molecule has 19 heavy (non-hydrogen) atoms. The first kappa shape index (κ1) is 13.5. The van der Waals surface area contributed by atoms with Crippen LogP contribution in [0.4, 0.5) is 0 Å². The van der Waals surface area contributed by atoms with Gasteiger partial charge in [-0.2, -0.15) is 0 Å². The molecule has 0 radical (unpaired) electrons. The van der Waals surface area contributed by atoms with Crippen molar-refractivity contribution >= 4 is 0 Å². The maximum Gasteiger partial charge on any atom is 0.170 e. The SMILES string of the molecule is CC[C@H](O)c1ccc(OCc2nnc(C)n2C)cc1. The Kier molecular flexibility index (Phi) is 4.16. The highest BCUT2D eigenvalue weighted by atomic mass is 16.5. The van der Waals surface area contributed by atoms with E-state index in [4.69, 9.17) is 4.74 Å². The molecule has 0 unspecified atom stereocenters. The molecule has 0 spiro atoms. The number of aliphatic hydroxyl groups is 1. The van der Waals surface area contributed by atoms with E-state index in [1.807, 2.05) is 49.7 Å². The van der Waals surface area contributed by atoms with E-state index < -0.39 is 6.10 Å². The molecule has 2 aromatic rings. The zero-order valence-electron chi connectivity index (χ0n) is 11.5. The van der Waals surface area contributed by atoms with Gasteiger partial charge in [0.15, 0.2) is 5.82 Å². The molecule has 0 aliphatic heterocycles. The van der Waals surface area contributed by atoms with Crippen LogP contribution in [0.2, 0.25) is 0 Å². The fourth-order valence-electron chi connectivity index (χ4n) is 1.75. The van der Waals surface area contributed by atoms with Gasteiger partial charge in [-0.05, 0) is 31.0 Å². The normalized spacial score (nSPS) is 12.4. The third kappa shape index (κ3) is 3.12. The summed E-state index contributed by atoms with van der Waals surface area (Å²) in [6.45, 7) is 4.23. The third-order valence-corrected chi connectivity index (χ3v) is 3.20. The topological polar surface area (TPSA) is 60.2 Å². The number of hydrogen-bond acceptors (Lipinski definition) is 4. The molecule has 1 atom stereocenters. The third-order valence-electron chi connectivity index (χ3n) is 3.20. The molecular weight excluding hydrogens is 242 g/mol. The van der Waals surface area contributed by atoms with E-state index >= 15 is 0 Å². The van der Waals surface area contributed by atoms with Gasteiger partial charge >= 0.3 is 0 Å². The van der Waals surface area contributed by atoms with Gasteiger partial charge in [0, 0.05) is 7.05 Å². The first-order chi connectivity index (χ1) is 9.11. The second-order valence-corrected chi connectivity index (χ2v) is 4.50. The number of hydrogen-bond donors (Lipinski definition) is 1. The zero-order valence-corrected chi connectivity index (χ0v) is 11.5. The summed E-state index contributed by atoms with van der Waals surface area (Å²) in [5.74, 6) is 2.41. The van der Waals surface area contributed by atoms with Gasteiger partial charge in [0.25, 0.3) is 0 Å². The summed E-state index contributed by atoms with van der Waals surface area (Å²) < 4.78 is 7.55.